The second kappa shape index (κ2) is 8.88. The van der Waals surface area contributed by atoms with Crippen LogP contribution in [-0.2, 0) is 17.8 Å². The zero-order valence-electron chi connectivity index (χ0n) is 17.8. The number of fused-ring (bicyclic) bond motifs is 1. The first-order valence-corrected chi connectivity index (χ1v) is 10.8. The first kappa shape index (κ1) is 19.7. The summed E-state index contributed by atoms with van der Waals surface area (Å²) < 4.78 is 7.53. The lowest BCUT2D eigenvalue weighted by Crippen LogP contribution is -2.37. The molecule has 2 aromatic heterocycles. The number of hydrogen-bond acceptors (Lipinski definition) is 5. The SMILES string of the molecule is Cc1cccc(CNCc2cc(N3CCOCC3)n3nc(-c4ccccc4)cc3n2)c1. The van der Waals surface area contributed by atoms with Gasteiger partial charge in [0.15, 0.2) is 5.65 Å². The number of aromatic nitrogens is 3. The molecule has 0 aliphatic carbocycles. The van der Waals surface area contributed by atoms with E-state index in [1.54, 1.807) is 0 Å². The van der Waals surface area contributed by atoms with E-state index in [9.17, 15) is 0 Å². The second-order valence-electron chi connectivity index (χ2n) is 7.96. The van der Waals surface area contributed by atoms with Crippen LogP contribution < -0.4 is 10.2 Å². The van der Waals surface area contributed by atoms with Crippen LogP contribution in [0.5, 0.6) is 0 Å². The van der Waals surface area contributed by atoms with Crippen molar-refractivity contribution < 1.29 is 4.74 Å². The summed E-state index contributed by atoms with van der Waals surface area (Å²) in [5, 5.41) is 8.43. The molecule has 1 N–H and O–H groups in total. The molecule has 0 bridgehead atoms. The number of nitrogens with zero attached hydrogens (tertiary/aromatic N) is 4. The van der Waals surface area contributed by atoms with Crippen LogP contribution in [0.1, 0.15) is 16.8 Å². The van der Waals surface area contributed by atoms with Crippen LogP contribution in [0.3, 0.4) is 0 Å². The van der Waals surface area contributed by atoms with Crippen LogP contribution in [0.2, 0.25) is 0 Å². The topological polar surface area (TPSA) is 54.7 Å². The Hall–Kier alpha value is -3.22. The molecule has 0 amide bonds. The van der Waals surface area contributed by atoms with E-state index in [-0.39, 0.29) is 0 Å². The molecular formula is C25H27N5O. The molecule has 1 aliphatic rings. The Labute approximate surface area is 182 Å². The van der Waals surface area contributed by atoms with Crippen molar-refractivity contribution in [1.29, 1.82) is 0 Å². The van der Waals surface area contributed by atoms with Crippen molar-refractivity contribution in [2.45, 2.75) is 20.0 Å². The van der Waals surface area contributed by atoms with Crippen molar-refractivity contribution in [2.75, 3.05) is 31.2 Å². The van der Waals surface area contributed by atoms with Gasteiger partial charge in [-0.2, -0.15) is 9.61 Å². The highest BCUT2D eigenvalue weighted by Gasteiger charge is 2.18. The average molecular weight is 414 g/mol. The van der Waals surface area contributed by atoms with Crippen LogP contribution in [0.25, 0.3) is 16.9 Å². The molecule has 31 heavy (non-hydrogen) atoms. The van der Waals surface area contributed by atoms with Crippen LogP contribution in [0.4, 0.5) is 5.82 Å². The maximum absolute atomic E-state index is 5.56. The minimum Gasteiger partial charge on any atom is -0.378 e. The highest BCUT2D eigenvalue weighted by atomic mass is 16.5. The molecule has 1 fully saturated rings. The van der Waals surface area contributed by atoms with E-state index in [1.165, 1.54) is 11.1 Å². The zero-order valence-corrected chi connectivity index (χ0v) is 17.8. The molecule has 158 valence electrons. The van der Waals surface area contributed by atoms with Gasteiger partial charge in [0.25, 0.3) is 0 Å². The lowest BCUT2D eigenvalue weighted by molar-refractivity contribution is 0.122. The molecule has 4 aromatic rings. The van der Waals surface area contributed by atoms with Gasteiger partial charge in [-0.3, -0.25) is 0 Å². The number of morpholine rings is 1. The normalized spacial score (nSPS) is 14.3. The van der Waals surface area contributed by atoms with Gasteiger partial charge < -0.3 is 15.0 Å². The monoisotopic (exact) mass is 413 g/mol. The Balaban J connectivity index is 1.45. The van der Waals surface area contributed by atoms with E-state index in [2.05, 4.69) is 65.7 Å². The van der Waals surface area contributed by atoms with E-state index in [0.29, 0.717) is 6.54 Å². The molecule has 0 radical (unpaired) electrons. The number of ether oxygens (including phenoxy) is 1. The number of rotatable bonds is 6. The quantitative estimate of drug-likeness (QED) is 0.521. The average Bonchev–Trinajstić information content (AvgIpc) is 3.24. The van der Waals surface area contributed by atoms with Crippen molar-refractivity contribution >= 4 is 11.5 Å². The predicted molar refractivity (Wildman–Crippen MR) is 123 cm³/mol. The van der Waals surface area contributed by atoms with Crippen molar-refractivity contribution in [2.24, 2.45) is 0 Å². The first-order valence-electron chi connectivity index (χ1n) is 10.8. The largest absolute Gasteiger partial charge is 0.378 e. The Morgan fingerprint density at radius 1 is 0.935 bits per heavy atom. The maximum atomic E-state index is 5.56. The molecule has 1 aliphatic heterocycles. The fraction of sp³-hybridized carbons (Fsp3) is 0.280. The van der Waals surface area contributed by atoms with Crippen LogP contribution in [-0.4, -0.2) is 40.9 Å². The van der Waals surface area contributed by atoms with Crippen LogP contribution in [0, 0.1) is 6.92 Å². The van der Waals surface area contributed by atoms with Gasteiger partial charge in [0.1, 0.15) is 5.82 Å². The van der Waals surface area contributed by atoms with Gasteiger partial charge in [-0.15, -0.1) is 0 Å². The third-order valence-corrected chi connectivity index (χ3v) is 5.58. The van der Waals surface area contributed by atoms with E-state index in [0.717, 1.165) is 61.3 Å². The minimum absolute atomic E-state index is 0.702. The Morgan fingerprint density at radius 2 is 1.77 bits per heavy atom. The number of aryl methyl sites for hydroxylation is 1. The summed E-state index contributed by atoms with van der Waals surface area (Å²) in [5.41, 5.74) is 6.48. The summed E-state index contributed by atoms with van der Waals surface area (Å²) >= 11 is 0. The van der Waals surface area contributed by atoms with Gasteiger partial charge in [-0.05, 0) is 12.5 Å². The van der Waals surface area contributed by atoms with Crippen molar-refractivity contribution in [3.63, 3.8) is 0 Å². The third-order valence-electron chi connectivity index (χ3n) is 5.58. The summed E-state index contributed by atoms with van der Waals surface area (Å²) in [7, 11) is 0. The van der Waals surface area contributed by atoms with Gasteiger partial charge >= 0.3 is 0 Å². The molecule has 5 rings (SSSR count). The standard InChI is InChI=1S/C25H27N5O/c1-19-6-5-7-20(14-19)17-26-18-22-15-25(29-10-12-31-13-11-29)30-24(27-22)16-23(28-30)21-8-3-2-4-9-21/h2-9,14-16,26H,10-13,17-18H2,1H3. The lowest BCUT2D eigenvalue weighted by Gasteiger charge is -2.29. The molecule has 0 unspecified atom stereocenters. The Kier molecular flexibility index (Phi) is 5.65. The molecular weight excluding hydrogens is 386 g/mol. The Morgan fingerprint density at radius 3 is 2.58 bits per heavy atom. The van der Waals surface area contributed by atoms with Gasteiger partial charge in [0.05, 0.1) is 24.6 Å². The van der Waals surface area contributed by atoms with Gasteiger partial charge in [-0.1, -0.05) is 60.2 Å². The van der Waals surface area contributed by atoms with E-state index in [1.807, 2.05) is 22.7 Å². The molecule has 0 atom stereocenters. The summed E-state index contributed by atoms with van der Waals surface area (Å²) in [6, 6.07) is 23.1. The van der Waals surface area contributed by atoms with Gasteiger partial charge in [-0.25, -0.2) is 4.98 Å². The van der Waals surface area contributed by atoms with Crippen molar-refractivity contribution in [1.82, 2.24) is 19.9 Å². The number of anilines is 1. The molecule has 2 aromatic carbocycles. The van der Waals surface area contributed by atoms with Gasteiger partial charge in [0.2, 0.25) is 0 Å². The summed E-state index contributed by atoms with van der Waals surface area (Å²) in [6.07, 6.45) is 0. The molecule has 3 heterocycles. The van der Waals surface area contributed by atoms with Crippen LogP contribution in [0.15, 0.2) is 66.7 Å². The maximum Gasteiger partial charge on any atom is 0.158 e. The van der Waals surface area contributed by atoms with Crippen LogP contribution >= 0.6 is 0 Å². The highest BCUT2D eigenvalue weighted by molar-refractivity contribution is 5.66. The molecule has 0 saturated carbocycles. The summed E-state index contributed by atoms with van der Waals surface area (Å²) in [5.74, 6) is 1.07. The number of nitrogens with one attached hydrogen (secondary N) is 1. The molecule has 1 saturated heterocycles. The van der Waals surface area contributed by atoms with E-state index >= 15 is 0 Å². The Bertz CT molecular complexity index is 1170. The molecule has 0 spiro atoms. The van der Waals surface area contributed by atoms with Crippen molar-refractivity contribution in [3.05, 3.63) is 83.6 Å². The van der Waals surface area contributed by atoms with Gasteiger partial charge in [0, 0.05) is 43.9 Å². The zero-order chi connectivity index (χ0) is 21.0. The number of benzene rings is 2. The smallest absolute Gasteiger partial charge is 0.158 e. The number of hydrogen-bond donors (Lipinski definition) is 1. The summed E-state index contributed by atoms with van der Waals surface area (Å²) in [6.45, 7) is 6.82. The second-order valence-corrected chi connectivity index (χ2v) is 7.96. The highest BCUT2D eigenvalue weighted by Crippen LogP contribution is 2.24. The summed E-state index contributed by atoms with van der Waals surface area (Å²) in [4.78, 5) is 7.24. The molecule has 6 heteroatoms. The fourth-order valence-electron chi connectivity index (χ4n) is 4.02. The fourth-order valence-corrected chi connectivity index (χ4v) is 4.02. The van der Waals surface area contributed by atoms with E-state index in [4.69, 9.17) is 14.8 Å². The third kappa shape index (κ3) is 4.45. The van der Waals surface area contributed by atoms with E-state index < -0.39 is 0 Å². The predicted octanol–water partition coefficient (Wildman–Crippen LogP) is 3.83. The minimum atomic E-state index is 0.702. The molecule has 6 nitrogen and oxygen atoms in total. The van der Waals surface area contributed by atoms with Crippen molar-refractivity contribution in [3.8, 4) is 11.3 Å². The lowest BCUT2D eigenvalue weighted by atomic mass is 10.1. The first-order chi connectivity index (χ1) is 15.3.